The summed E-state index contributed by atoms with van der Waals surface area (Å²) in [4.78, 5) is 4.15. The third-order valence-corrected chi connectivity index (χ3v) is 5.43. The molecule has 3 aromatic rings. The summed E-state index contributed by atoms with van der Waals surface area (Å²) >= 11 is 0. The van der Waals surface area contributed by atoms with Gasteiger partial charge in [-0.15, -0.1) is 17.1 Å². The van der Waals surface area contributed by atoms with E-state index in [1.807, 2.05) is 4.90 Å². The number of piperazine rings is 1. The number of nitrogens with zero attached hydrogens (tertiary/aromatic N) is 5. The van der Waals surface area contributed by atoms with Crippen molar-refractivity contribution in [2.75, 3.05) is 37.6 Å². The van der Waals surface area contributed by atoms with Gasteiger partial charge in [-0.2, -0.15) is 9.99 Å². The van der Waals surface area contributed by atoms with E-state index in [0.29, 0.717) is 33.8 Å². The number of hydrogen-bond donors (Lipinski definition) is 0. The van der Waals surface area contributed by atoms with Crippen LogP contribution in [0.15, 0.2) is 42.5 Å². The van der Waals surface area contributed by atoms with Crippen molar-refractivity contribution in [3.63, 3.8) is 0 Å². The molecule has 0 saturated carbocycles. The summed E-state index contributed by atoms with van der Waals surface area (Å²) in [6.07, 6.45) is 0. The Morgan fingerprint density at radius 3 is 2.27 bits per heavy atom. The zero-order valence-electron chi connectivity index (χ0n) is 16.4. The van der Waals surface area contributed by atoms with Crippen molar-refractivity contribution in [2.45, 2.75) is 6.92 Å². The zero-order chi connectivity index (χ0) is 20.5. The molecule has 0 N–H and O–H groups in total. The molecule has 0 unspecified atom stereocenters. The average Bonchev–Trinajstić information content (AvgIpc) is 2.76. The second kappa shape index (κ2) is 8.69. The van der Waals surface area contributed by atoms with Crippen molar-refractivity contribution < 1.29 is 13.9 Å². The predicted molar refractivity (Wildman–Crippen MR) is 114 cm³/mol. The molecule has 1 saturated heterocycles. The van der Waals surface area contributed by atoms with E-state index in [1.165, 1.54) is 6.07 Å². The van der Waals surface area contributed by atoms with Crippen LogP contribution >= 0.6 is 12.4 Å². The van der Waals surface area contributed by atoms with Crippen molar-refractivity contribution >= 4 is 29.1 Å². The molecule has 0 aliphatic carbocycles. The highest BCUT2D eigenvalue weighted by atomic mass is 35.5. The maximum Gasteiger partial charge on any atom is 0.369 e. The lowest BCUT2D eigenvalue weighted by atomic mass is 10.1. The summed E-state index contributed by atoms with van der Waals surface area (Å²) in [6, 6.07) is 12.8. The normalized spacial score (nSPS) is 14.4. The largest absolute Gasteiger partial charge is 0.617 e. The molecule has 30 heavy (non-hydrogen) atoms. The van der Waals surface area contributed by atoms with E-state index in [2.05, 4.69) is 11.8 Å². The molecular formula is C21H21ClFN5O2. The second-order valence-electron chi connectivity index (χ2n) is 6.98. The van der Waals surface area contributed by atoms with Crippen LogP contribution in [0.25, 0.3) is 22.3 Å². The van der Waals surface area contributed by atoms with Gasteiger partial charge in [-0.1, -0.05) is 25.1 Å². The fourth-order valence-electron chi connectivity index (χ4n) is 3.79. The summed E-state index contributed by atoms with van der Waals surface area (Å²) < 4.78 is 15.8. The summed E-state index contributed by atoms with van der Waals surface area (Å²) in [5.74, 6) is -0.580. The number of hydrogen-bond acceptors (Lipinski definition) is 5. The van der Waals surface area contributed by atoms with Crippen molar-refractivity contribution in [3.8, 4) is 17.3 Å². The molecule has 1 aliphatic heterocycles. The highest BCUT2D eigenvalue weighted by molar-refractivity contribution is 5.85. The molecule has 7 nitrogen and oxygen atoms in total. The van der Waals surface area contributed by atoms with E-state index >= 15 is 0 Å². The van der Waals surface area contributed by atoms with Crippen molar-refractivity contribution in [3.05, 3.63) is 64.4 Å². The minimum atomic E-state index is -0.580. The number of aromatic nitrogens is 2. The van der Waals surface area contributed by atoms with Gasteiger partial charge in [0.05, 0.1) is 17.3 Å². The maximum atomic E-state index is 14.9. The van der Waals surface area contributed by atoms with Crippen LogP contribution in [0.1, 0.15) is 12.6 Å². The van der Waals surface area contributed by atoms with Crippen molar-refractivity contribution in [2.24, 2.45) is 0 Å². The Morgan fingerprint density at radius 1 is 1.03 bits per heavy atom. The molecule has 2 aromatic carbocycles. The fourth-order valence-corrected chi connectivity index (χ4v) is 3.79. The van der Waals surface area contributed by atoms with Crippen LogP contribution in [0.2, 0.25) is 0 Å². The molecule has 0 spiro atoms. The molecule has 0 amide bonds. The lowest BCUT2D eigenvalue weighted by molar-refractivity contribution is -0.622. The van der Waals surface area contributed by atoms with Crippen LogP contribution < -0.4 is 14.4 Å². The Morgan fingerprint density at radius 2 is 1.67 bits per heavy atom. The fraction of sp³-hybridized carbons (Fsp3) is 0.286. The van der Waals surface area contributed by atoms with E-state index in [4.69, 9.17) is 0 Å². The van der Waals surface area contributed by atoms with E-state index < -0.39 is 5.82 Å². The SMILES string of the molecule is CCN1CCN(c2cc3c(cc2F)[n+]([O-])c(C#N)c(-c2ccccc2)[n+]3[O-])CC1.Cl. The van der Waals surface area contributed by atoms with Crippen LogP contribution in [-0.2, 0) is 0 Å². The second-order valence-corrected chi connectivity index (χ2v) is 6.98. The van der Waals surface area contributed by atoms with Gasteiger partial charge in [0.25, 0.3) is 11.0 Å². The first-order chi connectivity index (χ1) is 14.0. The van der Waals surface area contributed by atoms with Gasteiger partial charge in [0, 0.05) is 32.2 Å². The standard InChI is InChI=1S/C21H20FN5O2.ClH/c1-2-24-8-10-25(11-9-24)17-13-19-18(12-16(17)22)26(28)20(14-23)21(27(19)29)15-6-4-3-5-7-15;/h3-7,12-13H,2,8-11H2,1H3;1H. The van der Waals surface area contributed by atoms with E-state index in [0.717, 1.165) is 25.7 Å². The first kappa shape index (κ1) is 21.6. The highest BCUT2D eigenvalue weighted by Crippen LogP contribution is 2.27. The Labute approximate surface area is 179 Å². The summed E-state index contributed by atoms with van der Waals surface area (Å²) in [7, 11) is 0. The van der Waals surface area contributed by atoms with Gasteiger partial charge in [0.1, 0.15) is 0 Å². The summed E-state index contributed by atoms with van der Waals surface area (Å²) in [6.45, 7) is 5.88. The minimum absolute atomic E-state index is 0. The lowest BCUT2D eigenvalue weighted by Gasteiger charge is -2.35. The number of anilines is 1. The Hall–Kier alpha value is -3.15. The summed E-state index contributed by atoms with van der Waals surface area (Å²) in [5.41, 5.74) is 0.220. The van der Waals surface area contributed by atoms with E-state index in [-0.39, 0.29) is 34.8 Å². The molecular weight excluding hydrogens is 409 g/mol. The van der Waals surface area contributed by atoms with Gasteiger partial charge in [0.2, 0.25) is 0 Å². The molecule has 1 aromatic heterocycles. The highest BCUT2D eigenvalue weighted by Gasteiger charge is 2.31. The van der Waals surface area contributed by atoms with Crippen molar-refractivity contribution in [1.82, 2.24) is 4.90 Å². The van der Waals surface area contributed by atoms with Gasteiger partial charge in [-0.05, 0) is 18.7 Å². The van der Waals surface area contributed by atoms with Crippen LogP contribution in [0.5, 0.6) is 0 Å². The Bertz CT molecular complexity index is 1110. The molecule has 9 heteroatoms. The number of fused-ring (bicyclic) bond motifs is 1. The third kappa shape index (κ3) is 3.58. The van der Waals surface area contributed by atoms with Gasteiger partial charge in [-0.3, -0.25) is 0 Å². The topological polar surface area (TPSA) is 84.2 Å². The molecule has 1 fully saturated rings. The van der Waals surface area contributed by atoms with Crippen LogP contribution in [-0.4, -0.2) is 37.6 Å². The van der Waals surface area contributed by atoms with E-state index in [1.54, 1.807) is 36.4 Å². The van der Waals surface area contributed by atoms with Crippen LogP contribution in [0.4, 0.5) is 10.1 Å². The van der Waals surface area contributed by atoms with Crippen LogP contribution in [0, 0.1) is 27.6 Å². The van der Waals surface area contributed by atoms with E-state index in [9.17, 15) is 20.1 Å². The number of nitriles is 1. The molecule has 4 rings (SSSR count). The molecule has 0 radical (unpaired) electrons. The van der Waals surface area contributed by atoms with Gasteiger partial charge < -0.3 is 20.2 Å². The average molecular weight is 430 g/mol. The van der Waals surface area contributed by atoms with Gasteiger partial charge >= 0.3 is 11.4 Å². The Balaban J connectivity index is 0.00000256. The quantitative estimate of drug-likeness (QED) is 0.471. The third-order valence-electron chi connectivity index (χ3n) is 5.43. The van der Waals surface area contributed by atoms with Gasteiger partial charge in [0.15, 0.2) is 11.9 Å². The predicted octanol–water partition coefficient (Wildman–Crippen LogP) is 2.35. The first-order valence-electron chi connectivity index (χ1n) is 9.50. The zero-order valence-corrected chi connectivity index (χ0v) is 17.2. The molecule has 2 heterocycles. The first-order valence-corrected chi connectivity index (χ1v) is 9.50. The number of likely N-dealkylation sites (N-methyl/N-ethyl adjacent to an activating group) is 1. The lowest BCUT2D eigenvalue weighted by Crippen LogP contribution is -2.47. The molecule has 156 valence electrons. The number of benzene rings is 2. The Kier molecular flexibility index (Phi) is 6.25. The van der Waals surface area contributed by atoms with Crippen molar-refractivity contribution in [1.29, 1.82) is 5.26 Å². The minimum Gasteiger partial charge on any atom is -0.617 e. The molecule has 0 atom stereocenters. The smallest absolute Gasteiger partial charge is 0.369 e. The van der Waals surface area contributed by atoms with Gasteiger partial charge in [-0.25, -0.2) is 4.39 Å². The maximum absolute atomic E-state index is 14.9. The number of rotatable bonds is 3. The molecule has 0 bridgehead atoms. The summed E-state index contributed by atoms with van der Waals surface area (Å²) in [5, 5.41) is 35.4. The number of halogens is 2. The monoisotopic (exact) mass is 429 g/mol. The van der Waals surface area contributed by atoms with Crippen LogP contribution in [0.3, 0.4) is 0 Å². The molecule has 1 aliphatic rings.